The molecule has 0 fully saturated rings. The molecule has 0 amide bonds. The van der Waals surface area contributed by atoms with E-state index in [9.17, 15) is 0 Å². The van der Waals surface area contributed by atoms with Gasteiger partial charge in [0.25, 0.3) is 0 Å². The molecule has 59 heavy (non-hydrogen) atoms. The van der Waals surface area contributed by atoms with Crippen LogP contribution in [0.5, 0.6) is 0 Å². The molecule has 0 saturated heterocycles. The van der Waals surface area contributed by atoms with Crippen LogP contribution in [-0.2, 0) is 0 Å². The van der Waals surface area contributed by atoms with Crippen molar-refractivity contribution >= 4 is 82.4 Å². The van der Waals surface area contributed by atoms with Gasteiger partial charge in [-0.25, -0.2) is 0 Å². The quantitative estimate of drug-likeness (QED) is 0.169. The molecule has 2 heterocycles. The lowest BCUT2D eigenvalue weighted by atomic mass is 9.96. The van der Waals surface area contributed by atoms with E-state index in [1.165, 1.54) is 60.1 Å². The van der Waals surface area contributed by atoms with E-state index < -0.39 is 0 Å². The fourth-order valence-corrected chi connectivity index (χ4v) is 9.28. The first-order valence-electron chi connectivity index (χ1n) is 20.2. The predicted octanol–water partition coefficient (Wildman–Crippen LogP) is 15.8. The number of nitrogens with zero attached hydrogens (tertiary/aromatic N) is 2. The summed E-state index contributed by atoms with van der Waals surface area (Å²) in [7, 11) is 0. The van der Waals surface area contributed by atoms with E-state index in [4.69, 9.17) is 4.42 Å². The van der Waals surface area contributed by atoms with Crippen LogP contribution in [0.2, 0.25) is 0 Å². The highest BCUT2D eigenvalue weighted by atomic mass is 16.3. The second-order valence-corrected chi connectivity index (χ2v) is 15.3. The maximum atomic E-state index is 6.69. The summed E-state index contributed by atoms with van der Waals surface area (Å²) < 4.78 is 9.11. The van der Waals surface area contributed by atoms with Crippen LogP contribution in [0.4, 0.5) is 17.1 Å². The number of hydrogen-bond donors (Lipinski definition) is 0. The number of hydrogen-bond acceptors (Lipinski definition) is 2. The van der Waals surface area contributed by atoms with Gasteiger partial charge in [-0.2, -0.15) is 0 Å². The second-order valence-electron chi connectivity index (χ2n) is 15.3. The molecule has 0 radical (unpaired) electrons. The molecule has 0 saturated carbocycles. The molecule has 276 valence electrons. The molecule has 0 bridgehead atoms. The zero-order chi connectivity index (χ0) is 38.9. The van der Waals surface area contributed by atoms with Crippen molar-refractivity contribution in [1.29, 1.82) is 0 Å². The molecule has 0 aliphatic heterocycles. The fourth-order valence-electron chi connectivity index (χ4n) is 9.28. The van der Waals surface area contributed by atoms with Gasteiger partial charge in [-0.1, -0.05) is 158 Å². The largest absolute Gasteiger partial charge is 0.456 e. The van der Waals surface area contributed by atoms with Crippen molar-refractivity contribution in [2.24, 2.45) is 0 Å². The molecule has 12 aromatic rings. The molecule has 0 N–H and O–H groups in total. The van der Waals surface area contributed by atoms with Crippen molar-refractivity contribution in [3.8, 4) is 27.9 Å². The Bertz CT molecular complexity index is 3560. The summed E-state index contributed by atoms with van der Waals surface area (Å²) in [6, 6.07) is 78.7. The average molecular weight is 753 g/mol. The highest BCUT2D eigenvalue weighted by molar-refractivity contribution is 6.19. The van der Waals surface area contributed by atoms with Gasteiger partial charge in [0.05, 0.1) is 16.7 Å². The number of para-hydroxylation sites is 1. The van der Waals surface area contributed by atoms with E-state index in [1.807, 2.05) is 0 Å². The fraction of sp³-hybridized carbons (Fsp3) is 0. The van der Waals surface area contributed by atoms with Crippen LogP contribution >= 0.6 is 0 Å². The normalized spacial score (nSPS) is 11.7. The van der Waals surface area contributed by atoms with E-state index in [0.717, 1.165) is 50.2 Å². The molecule has 2 aromatic heterocycles. The van der Waals surface area contributed by atoms with Crippen molar-refractivity contribution in [2.45, 2.75) is 0 Å². The number of furan rings is 1. The number of benzene rings is 10. The Morgan fingerprint density at radius 1 is 0.356 bits per heavy atom. The van der Waals surface area contributed by atoms with Crippen LogP contribution in [0, 0.1) is 0 Å². The Morgan fingerprint density at radius 2 is 1.00 bits per heavy atom. The van der Waals surface area contributed by atoms with E-state index >= 15 is 0 Å². The van der Waals surface area contributed by atoms with Gasteiger partial charge in [-0.15, -0.1) is 0 Å². The minimum Gasteiger partial charge on any atom is -0.456 e. The first-order chi connectivity index (χ1) is 29.3. The third-order valence-corrected chi connectivity index (χ3v) is 12.0. The van der Waals surface area contributed by atoms with Crippen LogP contribution in [-0.4, -0.2) is 4.57 Å². The SMILES string of the molecule is c1ccc(-c2cccc(-n3c4ccccc4c4ccc(N(c5ccc6c(c5)oc5ccc7ccccc7c56)c5ccc(-c6ccccc6)c6ccccc56)cc43)c2)cc1. The van der Waals surface area contributed by atoms with Gasteiger partial charge >= 0.3 is 0 Å². The molecule has 0 atom stereocenters. The molecule has 0 spiro atoms. The lowest BCUT2D eigenvalue weighted by Crippen LogP contribution is -2.11. The molecule has 3 nitrogen and oxygen atoms in total. The number of fused-ring (bicyclic) bond motifs is 9. The zero-order valence-electron chi connectivity index (χ0n) is 32.1. The third-order valence-electron chi connectivity index (χ3n) is 12.0. The topological polar surface area (TPSA) is 21.3 Å². The molecule has 0 aliphatic rings. The summed E-state index contributed by atoms with van der Waals surface area (Å²) in [4.78, 5) is 2.41. The van der Waals surface area contributed by atoms with Crippen LogP contribution in [0.25, 0.3) is 93.2 Å². The molecule has 0 unspecified atom stereocenters. The second kappa shape index (κ2) is 13.4. The summed E-state index contributed by atoms with van der Waals surface area (Å²) in [5.41, 5.74) is 13.1. The van der Waals surface area contributed by atoms with E-state index in [-0.39, 0.29) is 0 Å². The van der Waals surface area contributed by atoms with Gasteiger partial charge in [0.1, 0.15) is 11.2 Å². The van der Waals surface area contributed by atoms with Crippen molar-refractivity contribution < 1.29 is 4.42 Å². The summed E-state index contributed by atoms with van der Waals surface area (Å²) in [5, 5.41) is 9.46. The Hall–Kier alpha value is -7.88. The summed E-state index contributed by atoms with van der Waals surface area (Å²) in [6.07, 6.45) is 0. The third kappa shape index (κ3) is 5.36. The minimum atomic E-state index is 0.858. The lowest BCUT2D eigenvalue weighted by Gasteiger charge is -2.28. The van der Waals surface area contributed by atoms with Crippen LogP contribution in [0.3, 0.4) is 0 Å². The van der Waals surface area contributed by atoms with Gasteiger partial charge in [0, 0.05) is 50.1 Å². The monoisotopic (exact) mass is 752 g/mol. The molecular weight excluding hydrogens is 717 g/mol. The standard InChI is InChI=1S/C56H36N2O/c1-3-14-37(15-4-1)40-19-13-20-41(34-40)58-51-25-12-11-24-48(51)49-29-27-42(35-53(49)58)57(52-32-31-44(38-16-5-2-6-17-38)46-22-9-10-23-47(46)52)43-28-30-50-55(36-43)59-54-33-26-39-18-7-8-21-45(39)56(50)54/h1-36H. The first kappa shape index (κ1) is 33.3. The maximum absolute atomic E-state index is 6.69. The highest BCUT2D eigenvalue weighted by Crippen LogP contribution is 2.46. The van der Waals surface area contributed by atoms with Crippen LogP contribution < -0.4 is 4.90 Å². The number of anilines is 3. The number of rotatable bonds is 6. The molecule has 12 rings (SSSR count). The Morgan fingerprint density at radius 3 is 1.83 bits per heavy atom. The Labute approximate surface area is 341 Å². The molecule has 0 aliphatic carbocycles. The maximum Gasteiger partial charge on any atom is 0.137 e. The Kier molecular flexibility index (Phi) is 7.54. The lowest BCUT2D eigenvalue weighted by molar-refractivity contribution is 0.669. The van der Waals surface area contributed by atoms with E-state index in [2.05, 4.69) is 228 Å². The smallest absolute Gasteiger partial charge is 0.137 e. The van der Waals surface area contributed by atoms with E-state index in [0.29, 0.717) is 0 Å². The molecule has 10 aromatic carbocycles. The summed E-state index contributed by atoms with van der Waals surface area (Å²) >= 11 is 0. The zero-order valence-corrected chi connectivity index (χ0v) is 32.1. The van der Waals surface area contributed by atoms with Crippen molar-refractivity contribution in [2.75, 3.05) is 4.90 Å². The predicted molar refractivity (Wildman–Crippen MR) is 249 cm³/mol. The Balaban J connectivity index is 1.12. The van der Waals surface area contributed by atoms with Crippen molar-refractivity contribution in [3.63, 3.8) is 0 Å². The summed E-state index contributed by atoms with van der Waals surface area (Å²) in [6.45, 7) is 0. The van der Waals surface area contributed by atoms with E-state index in [1.54, 1.807) is 0 Å². The van der Waals surface area contributed by atoms with Gasteiger partial charge in [-0.3, -0.25) is 0 Å². The molecule has 3 heteroatoms. The summed E-state index contributed by atoms with van der Waals surface area (Å²) in [5.74, 6) is 0. The van der Waals surface area contributed by atoms with Crippen LogP contribution in [0.15, 0.2) is 223 Å². The van der Waals surface area contributed by atoms with Crippen molar-refractivity contribution in [3.05, 3.63) is 218 Å². The number of aromatic nitrogens is 1. The van der Waals surface area contributed by atoms with Gasteiger partial charge in [0.15, 0.2) is 0 Å². The molecular formula is C56H36N2O. The first-order valence-corrected chi connectivity index (χ1v) is 20.2. The van der Waals surface area contributed by atoms with Gasteiger partial charge in [-0.05, 0) is 93.0 Å². The van der Waals surface area contributed by atoms with Gasteiger partial charge < -0.3 is 13.9 Å². The van der Waals surface area contributed by atoms with Crippen molar-refractivity contribution in [1.82, 2.24) is 4.57 Å². The minimum absolute atomic E-state index is 0.858. The highest BCUT2D eigenvalue weighted by Gasteiger charge is 2.22. The van der Waals surface area contributed by atoms with Gasteiger partial charge in [0.2, 0.25) is 0 Å². The average Bonchev–Trinajstić information content (AvgIpc) is 3.85. The van der Waals surface area contributed by atoms with Crippen LogP contribution in [0.1, 0.15) is 0 Å².